The quantitative estimate of drug-likeness (QED) is 0.871. The Labute approximate surface area is 113 Å². The van der Waals surface area contributed by atoms with Crippen LogP contribution in [0.25, 0.3) is 6.08 Å². The zero-order valence-electron chi connectivity index (χ0n) is 9.32. The van der Waals surface area contributed by atoms with E-state index in [0.717, 1.165) is 28.8 Å². The summed E-state index contributed by atoms with van der Waals surface area (Å²) in [6.45, 7) is 1.44. The van der Waals surface area contributed by atoms with Crippen LogP contribution in [0, 0.1) is 0 Å². The maximum atomic E-state index is 11.6. The van der Waals surface area contributed by atoms with E-state index in [-0.39, 0.29) is 11.9 Å². The Hall–Kier alpha value is -0.650. The average molecular weight is 316 g/mol. The number of thiophene rings is 1. The summed E-state index contributed by atoms with van der Waals surface area (Å²) >= 11 is 4.98. The van der Waals surface area contributed by atoms with E-state index < -0.39 is 0 Å². The molecule has 1 N–H and O–H groups in total. The number of rotatable bonds is 3. The van der Waals surface area contributed by atoms with Crippen molar-refractivity contribution in [1.29, 1.82) is 0 Å². The first-order chi connectivity index (χ1) is 8.24. The third kappa shape index (κ3) is 4.26. The molecule has 1 fully saturated rings. The van der Waals surface area contributed by atoms with Gasteiger partial charge in [-0.05, 0) is 40.9 Å². The van der Waals surface area contributed by atoms with E-state index in [1.165, 1.54) is 0 Å². The van der Waals surface area contributed by atoms with Gasteiger partial charge in [0, 0.05) is 27.4 Å². The van der Waals surface area contributed by atoms with Crippen LogP contribution < -0.4 is 5.32 Å². The molecule has 0 aliphatic carbocycles. The number of carbonyl (C=O) groups is 1. The van der Waals surface area contributed by atoms with Crippen molar-refractivity contribution in [2.24, 2.45) is 0 Å². The maximum Gasteiger partial charge on any atom is 0.244 e. The highest BCUT2D eigenvalue weighted by molar-refractivity contribution is 9.10. The lowest BCUT2D eigenvalue weighted by Crippen LogP contribution is -2.39. The molecule has 17 heavy (non-hydrogen) atoms. The van der Waals surface area contributed by atoms with Crippen molar-refractivity contribution in [1.82, 2.24) is 5.32 Å². The molecule has 0 bridgehead atoms. The molecule has 1 amide bonds. The summed E-state index contributed by atoms with van der Waals surface area (Å²) < 4.78 is 6.35. The summed E-state index contributed by atoms with van der Waals surface area (Å²) in [4.78, 5) is 12.7. The minimum Gasteiger partial charge on any atom is -0.379 e. The van der Waals surface area contributed by atoms with Gasteiger partial charge in [-0.3, -0.25) is 4.79 Å². The van der Waals surface area contributed by atoms with Crippen molar-refractivity contribution >= 4 is 39.2 Å². The van der Waals surface area contributed by atoms with Crippen LogP contribution in [0.4, 0.5) is 0 Å². The van der Waals surface area contributed by atoms with Crippen LogP contribution in [0.3, 0.4) is 0 Å². The van der Waals surface area contributed by atoms with Gasteiger partial charge in [0.15, 0.2) is 0 Å². The number of carbonyl (C=O) groups excluding carboxylic acids is 1. The lowest BCUT2D eigenvalue weighted by Gasteiger charge is -2.22. The highest BCUT2D eigenvalue weighted by atomic mass is 79.9. The van der Waals surface area contributed by atoms with Crippen LogP contribution in [0.1, 0.15) is 17.7 Å². The highest BCUT2D eigenvalue weighted by Crippen LogP contribution is 2.20. The lowest BCUT2D eigenvalue weighted by atomic mass is 10.1. The average Bonchev–Trinajstić information content (AvgIpc) is 2.74. The zero-order chi connectivity index (χ0) is 12.1. The Morgan fingerprint density at radius 2 is 2.53 bits per heavy atom. The Morgan fingerprint density at radius 3 is 3.18 bits per heavy atom. The van der Waals surface area contributed by atoms with Crippen LogP contribution >= 0.6 is 27.3 Å². The van der Waals surface area contributed by atoms with Crippen molar-refractivity contribution in [3.63, 3.8) is 0 Å². The Balaban J connectivity index is 1.82. The third-order valence-corrected chi connectivity index (χ3v) is 4.15. The second-order valence-electron chi connectivity index (χ2n) is 3.92. The predicted molar refractivity (Wildman–Crippen MR) is 73.0 cm³/mol. The molecule has 0 spiro atoms. The Bertz CT molecular complexity index is 410. The van der Waals surface area contributed by atoms with E-state index in [1.807, 2.05) is 17.5 Å². The van der Waals surface area contributed by atoms with Gasteiger partial charge in [-0.1, -0.05) is 0 Å². The number of ether oxygens (including phenoxy) is 1. The van der Waals surface area contributed by atoms with Crippen LogP contribution in [-0.2, 0) is 9.53 Å². The van der Waals surface area contributed by atoms with Crippen molar-refractivity contribution in [2.75, 3.05) is 13.2 Å². The van der Waals surface area contributed by atoms with E-state index in [0.29, 0.717) is 6.61 Å². The van der Waals surface area contributed by atoms with E-state index in [2.05, 4.69) is 21.2 Å². The van der Waals surface area contributed by atoms with Gasteiger partial charge in [-0.2, -0.15) is 0 Å². The summed E-state index contributed by atoms with van der Waals surface area (Å²) in [6, 6.07) is 2.15. The molecular weight excluding hydrogens is 302 g/mol. The molecule has 5 heteroatoms. The van der Waals surface area contributed by atoms with E-state index >= 15 is 0 Å². The first kappa shape index (κ1) is 12.8. The zero-order valence-corrected chi connectivity index (χ0v) is 11.7. The number of nitrogens with one attached hydrogen (secondary N) is 1. The van der Waals surface area contributed by atoms with Crippen LogP contribution in [0.2, 0.25) is 0 Å². The SMILES string of the molecule is O=C(/C=C/c1cc(Br)cs1)N[C@H]1CCCOC1. The molecule has 1 saturated heterocycles. The minimum absolute atomic E-state index is 0.0509. The molecule has 1 atom stereocenters. The molecule has 1 aliphatic heterocycles. The molecule has 0 aromatic carbocycles. The normalized spacial score (nSPS) is 20.6. The standard InChI is InChI=1S/C12H14BrNO2S/c13-9-6-11(17-8-9)3-4-12(15)14-10-2-1-5-16-7-10/h3-4,6,8,10H,1-2,5,7H2,(H,14,15)/b4-3+/t10-/m0/s1. The van der Waals surface area contributed by atoms with Gasteiger partial charge in [0.05, 0.1) is 12.6 Å². The van der Waals surface area contributed by atoms with E-state index in [1.54, 1.807) is 17.4 Å². The van der Waals surface area contributed by atoms with Gasteiger partial charge in [0.25, 0.3) is 0 Å². The molecule has 92 valence electrons. The lowest BCUT2D eigenvalue weighted by molar-refractivity contribution is -0.118. The number of hydrogen-bond acceptors (Lipinski definition) is 3. The molecule has 3 nitrogen and oxygen atoms in total. The molecule has 1 aliphatic rings. The molecule has 0 saturated carbocycles. The Kier molecular flexibility index (Phi) is 4.76. The molecule has 1 aromatic rings. The van der Waals surface area contributed by atoms with Crippen LogP contribution in [0.15, 0.2) is 22.0 Å². The molecular formula is C12H14BrNO2S. The fourth-order valence-corrected chi connectivity index (χ4v) is 3.01. The molecule has 1 aromatic heterocycles. The number of halogens is 1. The van der Waals surface area contributed by atoms with E-state index in [4.69, 9.17) is 4.74 Å². The molecule has 2 rings (SSSR count). The van der Waals surface area contributed by atoms with Gasteiger partial charge in [0.1, 0.15) is 0 Å². The summed E-state index contributed by atoms with van der Waals surface area (Å²) in [6.07, 6.45) is 5.43. The summed E-state index contributed by atoms with van der Waals surface area (Å²) in [7, 11) is 0. The first-order valence-corrected chi connectivity index (χ1v) is 7.21. The van der Waals surface area contributed by atoms with Gasteiger partial charge in [-0.15, -0.1) is 11.3 Å². The summed E-state index contributed by atoms with van der Waals surface area (Å²) in [5.41, 5.74) is 0. The van der Waals surface area contributed by atoms with Gasteiger partial charge < -0.3 is 10.1 Å². The summed E-state index contributed by atoms with van der Waals surface area (Å²) in [5.74, 6) is -0.0509. The summed E-state index contributed by atoms with van der Waals surface area (Å²) in [5, 5.41) is 4.93. The minimum atomic E-state index is -0.0509. The van der Waals surface area contributed by atoms with Gasteiger partial charge in [-0.25, -0.2) is 0 Å². The van der Waals surface area contributed by atoms with Crippen LogP contribution in [-0.4, -0.2) is 25.2 Å². The maximum absolute atomic E-state index is 11.6. The van der Waals surface area contributed by atoms with Crippen molar-refractivity contribution in [3.8, 4) is 0 Å². The molecule has 0 unspecified atom stereocenters. The van der Waals surface area contributed by atoms with Crippen LogP contribution in [0.5, 0.6) is 0 Å². The highest BCUT2D eigenvalue weighted by Gasteiger charge is 2.14. The molecule has 0 radical (unpaired) electrons. The van der Waals surface area contributed by atoms with Crippen molar-refractivity contribution < 1.29 is 9.53 Å². The second-order valence-corrected chi connectivity index (χ2v) is 5.78. The fraction of sp³-hybridized carbons (Fsp3) is 0.417. The third-order valence-electron chi connectivity index (χ3n) is 2.49. The largest absolute Gasteiger partial charge is 0.379 e. The number of hydrogen-bond donors (Lipinski definition) is 1. The van der Waals surface area contributed by atoms with Crippen molar-refractivity contribution in [2.45, 2.75) is 18.9 Å². The fourth-order valence-electron chi connectivity index (χ4n) is 1.68. The smallest absolute Gasteiger partial charge is 0.244 e. The second kappa shape index (κ2) is 6.33. The number of amides is 1. The Morgan fingerprint density at radius 1 is 1.65 bits per heavy atom. The molecule has 2 heterocycles. The van der Waals surface area contributed by atoms with Gasteiger partial charge >= 0.3 is 0 Å². The first-order valence-electron chi connectivity index (χ1n) is 5.54. The topological polar surface area (TPSA) is 38.3 Å². The predicted octanol–water partition coefficient (Wildman–Crippen LogP) is 2.82. The van der Waals surface area contributed by atoms with E-state index in [9.17, 15) is 4.79 Å². The monoisotopic (exact) mass is 315 g/mol. The van der Waals surface area contributed by atoms with Gasteiger partial charge in [0.2, 0.25) is 5.91 Å². The van der Waals surface area contributed by atoms with Crippen molar-refractivity contribution in [3.05, 3.63) is 26.9 Å².